The highest BCUT2D eigenvalue weighted by Crippen LogP contribution is 2.43. The van der Waals surface area contributed by atoms with E-state index in [1.807, 2.05) is 24.3 Å². The summed E-state index contributed by atoms with van der Waals surface area (Å²) in [6.45, 7) is 0.895. The maximum atomic E-state index is 13.0. The van der Waals surface area contributed by atoms with Crippen molar-refractivity contribution in [3.8, 4) is 0 Å². The molecular weight excluding hydrogens is 364 g/mol. The number of sulfone groups is 1. The molecule has 2 aromatic carbocycles. The minimum Gasteiger partial charge on any atom is -0.337 e. The molecule has 2 aliphatic heterocycles. The molecule has 1 spiro atoms. The highest BCUT2D eigenvalue weighted by molar-refractivity contribution is 7.90. The highest BCUT2D eigenvalue weighted by Gasteiger charge is 2.49. The van der Waals surface area contributed by atoms with Crippen molar-refractivity contribution in [1.82, 2.24) is 4.90 Å². The topological polar surface area (TPSA) is 83.6 Å². The van der Waals surface area contributed by atoms with Crippen LogP contribution in [0.5, 0.6) is 0 Å². The third kappa shape index (κ3) is 2.92. The van der Waals surface area contributed by atoms with Crippen molar-refractivity contribution in [3.63, 3.8) is 0 Å². The van der Waals surface area contributed by atoms with Gasteiger partial charge in [-0.2, -0.15) is 0 Å². The van der Waals surface area contributed by atoms with Gasteiger partial charge in [-0.3, -0.25) is 9.59 Å². The van der Waals surface area contributed by atoms with Crippen LogP contribution in [0.2, 0.25) is 0 Å². The zero-order chi connectivity index (χ0) is 19.2. The molecule has 4 rings (SSSR count). The summed E-state index contributed by atoms with van der Waals surface area (Å²) in [5, 5.41) is 2.94. The molecule has 7 heteroatoms. The smallest absolute Gasteiger partial charge is 0.253 e. The Morgan fingerprint density at radius 1 is 1.11 bits per heavy atom. The van der Waals surface area contributed by atoms with Gasteiger partial charge in [0.05, 0.1) is 10.3 Å². The molecule has 0 bridgehead atoms. The Balaban J connectivity index is 1.62. The van der Waals surface area contributed by atoms with Crippen LogP contribution < -0.4 is 5.32 Å². The Kier molecular flexibility index (Phi) is 4.07. The molecule has 1 atom stereocenters. The van der Waals surface area contributed by atoms with E-state index in [4.69, 9.17) is 0 Å². The van der Waals surface area contributed by atoms with Crippen LogP contribution in [0.1, 0.15) is 28.8 Å². The van der Waals surface area contributed by atoms with Crippen molar-refractivity contribution >= 4 is 27.3 Å². The van der Waals surface area contributed by atoms with Crippen molar-refractivity contribution in [1.29, 1.82) is 0 Å². The van der Waals surface area contributed by atoms with Crippen LogP contribution in [0, 0.1) is 0 Å². The van der Waals surface area contributed by atoms with Crippen LogP contribution in [-0.2, 0) is 20.0 Å². The van der Waals surface area contributed by atoms with E-state index >= 15 is 0 Å². The quantitative estimate of drug-likeness (QED) is 0.861. The van der Waals surface area contributed by atoms with Crippen LogP contribution in [-0.4, -0.2) is 44.5 Å². The predicted octanol–water partition coefficient (Wildman–Crippen LogP) is 2.22. The molecule has 140 valence electrons. The van der Waals surface area contributed by atoms with Crippen molar-refractivity contribution in [2.24, 2.45) is 0 Å². The van der Waals surface area contributed by atoms with Gasteiger partial charge in [0.1, 0.15) is 0 Å². The van der Waals surface area contributed by atoms with Gasteiger partial charge in [0.15, 0.2) is 9.84 Å². The summed E-state index contributed by atoms with van der Waals surface area (Å²) in [4.78, 5) is 27.6. The Bertz CT molecular complexity index is 1030. The van der Waals surface area contributed by atoms with Gasteiger partial charge in [0.25, 0.3) is 5.91 Å². The monoisotopic (exact) mass is 384 g/mol. The Morgan fingerprint density at radius 2 is 1.81 bits per heavy atom. The van der Waals surface area contributed by atoms with Crippen LogP contribution >= 0.6 is 0 Å². The van der Waals surface area contributed by atoms with Crippen molar-refractivity contribution < 1.29 is 18.0 Å². The number of para-hydroxylation sites is 1. The molecule has 27 heavy (non-hydrogen) atoms. The molecule has 0 aromatic heterocycles. The van der Waals surface area contributed by atoms with Crippen LogP contribution in [0.15, 0.2) is 53.4 Å². The summed E-state index contributed by atoms with van der Waals surface area (Å²) in [6, 6.07) is 13.6. The second kappa shape index (κ2) is 6.20. The van der Waals surface area contributed by atoms with E-state index in [-0.39, 0.29) is 16.7 Å². The summed E-state index contributed by atoms with van der Waals surface area (Å²) in [5.74, 6) is -0.250. The van der Waals surface area contributed by atoms with E-state index in [0.29, 0.717) is 25.1 Å². The number of nitrogens with zero attached hydrogens (tertiary/aromatic N) is 1. The fraction of sp³-hybridized carbons (Fsp3) is 0.300. The lowest BCUT2D eigenvalue weighted by molar-refractivity contribution is -0.122. The Morgan fingerprint density at radius 3 is 2.52 bits per heavy atom. The van der Waals surface area contributed by atoms with Crippen LogP contribution in [0.4, 0.5) is 5.69 Å². The van der Waals surface area contributed by atoms with Gasteiger partial charge in [-0.1, -0.05) is 18.2 Å². The van der Waals surface area contributed by atoms with Gasteiger partial charge in [-0.15, -0.1) is 0 Å². The first-order valence-electron chi connectivity index (χ1n) is 8.82. The van der Waals surface area contributed by atoms with E-state index in [0.717, 1.165) is 23.9 Å². The van der Waals surface area contributed by atoms with Crippen LogP contribution in [0.3, 0.4) is 0 Å². The average Bonchev–Trinajstić information content (AvgIpc) is 2.92. The standard InChI is InChI=1S/C20H20N2O4S/c1-27(25,26)15-9-7-14(8-10-15)18(23)22-12-4-11-20(13-22)16-5-2-3-6-17(16)21-19(20)24/h2-3,5-10H,4,11-13H2,1H3,(H,21,24)/t20-/m0/s1. The van der Waals surface area contributed by atoms with E-state index < -0.39 is 15.3 Å². The molecular formula is C20H20N2O4S. The minimum absolute atomic E-state index is 0.0615. The zero-order valence-corrected chi connectivity index (χ0v) is 15.8. The molecule has 1 N–H and O–H groups in total. The number of fused-ring (bicyclic) bond motifs is 2. The zero-order valence-electron chi connectivity index (χ0n) is 14.9. The predicted molar refractivity (Wildman–Crippen MR) is 101 cm³/mol. The van der Waals surface area contributed by atoms with Gasteiger partial charge in [-0.25, -0.2) is 8.42 Å². The van der Waals surface area contributed by atoms with Gasteiger partial charge in [0, 0.05) is 30.6 Å². The number of rotatable bonds is 2. The molecule has 0 unspecified atom stereocenters. The third-order valence-electron chi connectivity index (χ3n) is 5.43. The van der Waals surface area contributed by atoms with Crippen LogP contribution in [0.25, 0.3) is 0 Å². The summed E-state index contributed by atoms with van der Waals surface area (Å²) < 4.78 is 23.2. The number of nitrogens with one attached hydrogen (secondary N) is 1. The number of carbonyl (C=O) groups excluding carboxylic acids is 2. The number of hydrogen-bond acceptors (Lipinski definition) is 4. The lowest BCUT2D eigenvalue weighted by Crippen LogP contribution is -2.51. The molecule has 6 nitrogen and oxygen atoms in total. The van der Waals surface area contributed by atoms with Gasteiger partial charge in [-0.05, 0) is 48.7 Å². The first-order valence-corrected chi connectivity index (χ1v) is 10.7. The maximum Gasteiger partial charge on any atom is 0.253 e. The molecule has 0 saturated carbocycles. The number of piperidine rings is 1. The first-order chi connectivity index (χ1) is 12.8. The second-order valence-corrected chi connectivity index (χ2v) is 9.22. The molecule has 0 radical (unpaired) electrons. The fourth-order valence-corrected chi connectivity index (χ4v) is 4.67. The van der Waals surface area contributed by atoms with Crippen molar-refractivity contribution in [3.05, 3.63) is 59.7 Å². The molecule has 2 aliphatic rings. The lowest BCUT2D eigenvalue weighted by Gasteiger charge is -2.39. The molecule has 1 fully saturated rings. The molecule has 2 heterocycles. The number of anilines is 1. The minimum atomic E-state index is -3.31. The Labute approximate surface area is 158 Å². The van der Waals surface area contributed by atoms with Gasteiger partial charge in [0.2, 0.25) is 5.91 Å². The van der Waals surface area contributed by atoms with E-state index in [1.165, 1.54) is 24.3 Å². The fourth-order valence-electron chi connectivity index (χ4n) is 4.04. The summed E-state index contributed by atoms with van der Waals surface area (Å²) in [5.41, 5.74) is 1.47. The number of carbonyl (C=O) groups is 2. The van der Waals surface area contributed by atoms with Gasteiger partial charge < -0.3 is 10.2 Å². The maximum absolute atomic E-state index is 13.0. The largest absolute Gasteiger partial charge is 0.337 e. The normalized spacial score (nSPS) is 21.8. The van der Waals surface area contributed by atoms with Crippen molar-refractivity contribution in [2.75, 3.05) is 24.7 Å². The SMILES string of the molecule is CS(=O)(=O)c1ccc(C(=O)N2CCC[C@@]3(C2)C(=O)Nc2ccccc23)cc1. The Hall–Kier alpha value is -2.67. The lowest BCUT2D eigenvalue weighted by atomic mass is 9.75. The third-order valence-corrected chi connectivity index (χ3v) is 6.56. The van der Waals surface area contributed by atoms with E-state index in [2.05, 4.69) is 5.32 Å². The number of likely N-dealkylation sites (tertiary alicyclic amines) is 1. The highest BCUT2D eigenvalue weighted by atomic mass is 32.2. The number of hydrogen-bond donors (Lipinski definition) is 1. The average molecular weight is 384 g/mol. The van der Waals surface area contributed by atoms with Crippen molar-refractivity contribution in [2.45, 2.75) is 23.2 Å². The summed E-state index contributed by atoms with van der Waals surface area (Å²) in [7, 11) is -3.31. The molecule has 0 aliphatic carbocycles. The number of amides is 2. The molecule has 2 amide bonds. The molecule has 1 saturated heterocycles. The van der Waals surface area contributed by atoms with E-state index in [9.17, 15) is 18.0 Å². The van der Waals surface area contributed by atoms with E-state index in [1.54, 1.807) is 4.90 Å². The molecule has 2 aromatic rings. The van der Waals surface area contributed by atoms with Gasteiger partial charge >= 0.3 is 0 Å². The summed E-state index contributed by atoms with van der Waals surface area (Å²) >= 11 is 0. The summed E-state index contributed by atoms with van der Waals surface area (Å²) in [6.07, 6.45) is 2.57. The second-order valence-electron chi connectivity index (χ2n) is 7.21. The number of benzene rings is 2. The first kappa shape index (κ1) is 17.7.